The average Bonchev–Trinajstić information content (AvgIpc) is 2.68. The maximum atomic E-state index is 11.2. The molecule has 0 aromatic rings. The fraction of sp³-hybridized carbons (Fsp3) is 0.727. The zero-order valence-electron chi connectivity index (χ0n) is 9.12. The second-order valence-electron chi connectivity index (χ2n) is 3.91. The summed E-state index contributed by atoms with van der Waals surface area (Å²) in [6, 6.07) is 0.671. The van der Waals surface area contributed by atoms with E-state index in [0.717, 1.165) is 12.8 Å². The summed E-state index contributed by atoms with van der Waals surface area (Å²) in [6.07, 6.45) is 6.48. The zero-order valence-corrected chi connectivity index (χ0v) is 9.12. The van der Waals surface area contributed by atoms with Gasteiger partial charge in [0.2, 0.25) is 0 Å². The third kappa shape index (κ3) is 2.84. The Morgan fingerprint density at radius 2 is 2.00 bits per heavy atom. The highest BCUT2D eigenvalue weighted by Gasteiger charge is 2.23. The van der Waals surface area contributed by atoms with Gasteiger partial charge in [0, 0.05) is 12.1 Å². The molecule has 0 saturated heterocycles. The van der Waals surface area contributed by atoms with Crippen LogP contribution < -0.4 is 5.32 Å². The smallest absolute Gasteiger partial charge is 0.309 e. The van der Waals surface area contributed by atoms with Gasteiger partial charge in [-0.1, -0.05) is 19.1 Å². The molecule has 0 aromatic carbocycles. The van der Waals surface area contributed by atoms with E-state index in [-0.39, 0.29) is 17.9 Å². The van der Waals surface area contributed by atoms with Crippen molar-refractivity contribution < 1.29 is 9.53 Å². The third-order valence-corrected chi connectivity index (χ3v) is 2.83. The van der Waals surface area contributed by atoms with Gasteiger partial charge < -0.3 is 10.1 Å². The molecule has 14 heavy (non-hydrogen) atoms. The number of rotatable bonds is 4. The Hall–Kier alpha value is -0.830. The highest BCUT2D eigenvalue weighted by molar-refractivity contribution is 5.72. The molecular formula is C11H19NO2. The molecule has 3 heteroatoms. The summed E-state index contributed by atoms with van der Waals surface area (Å²) >= 11 is 0. The van der Waals surface area contributed by atoms with E-state index in [0.29, 0.717) is 6.04 Å². The number of nitrogens with one attached hydrogen (secondary N) is 1. The molecule has 1 rings (SSSR count). The maximum Gasteiger partial charge on any atom is 0.309 e. The Bertz CT molecular complexity index is 217. The summed E-state index contributed by atoms with van der Waals surface area (Å²) in [5.41, 5.74) is 0. The summed E-state index contributed by atoms with van der Waals surface area (Å²) in [6.45, 7) is 3.92. The first-order valence-corrected chi connectivity index (χ1v) is 5.14. The van der Waals surface area contributed by atoms with E-state index < -0.39 is 0 Å². The van der Waals surface area contributed by atoms with Crippen LogP contribution in [0.2, 0.25) is 0 Å². The molecule has 0 saturated carbocycles. The van der Waals surface area contributed by atoms with Crippen LogP contribution in [0.4, 0.5) is 0 Å². The average molecular weight is 197 g/mol. The minimum absolute atomic E-state index is 0.0828. The van der Waals surface area contributed by atoms with Gasteiger partial charge in [-0.25, -0.2) is 0 Å². The van der Waals surface area contributed by atoms with Crippen LogP contribution >= 0.6 is 0 Å². The molecule has 1 aliphatic rings. The van der Waals surface area contributed by atoms with Crippen molar-refractivity contribution in [1.29, 1.82) is 0 Å². The van der Waals surface area contributed by atoms with E-state index in [4.69, 9.17) is 4.74 Å². The van der Waals surface area contributed by atoms with Crippen LogP contribution in [0.15, 0.2) is 12.2 Å². The molecule has 0 spiro atoms. The van der Waals surface area contributed by atoms with Crippen molar-refractivity contribution in [3.8, 4) is 0 Å². The van der Waals surface area contributed by atoms with Crippen LogP contribution in [0.3, 0.4) is 0 Å². The van der Waals surface area contributed by atoms with E-state index in [1.54, 1.807) is 0 Å². The van der Waals surface area contributed by atoms with Crippen molar-refractivity contribution in [3.63, 3.8) is 0 Å². The highest BCUT2D eigenvalue weighted by atomic mass is 16.5. The molecule has 3 nitrogen and oxygen atoms in total. The number of methoxy groups -OCH3 is 1. The molecule has 0 bridgehead atoms. The Labute approximate surface area is 85.5 Å². The van der Waals surface area contributed by atoms with Gasteiger partial charge in [0.15, 0.2) is 0 Å². The lowest BCUT2D eigenvalue weighted by atomic mass is 10.0. The van der Waals surface area contributed by atoms with Gasteiger partial charge >= 0.3 is 5.97 Å². The fourth-order valence-corrected chi connectivity index (χ4v) is 1.66. The molecule has 0 radical (unpaired) electrons. The number of hydrogen-bond donors (Lipinski definition) is 1. The highest BCUT2D eigenvalue weighted by Crippen LogP contribution is 2.13. The van der Waals surface area contributed by atoms with E-state index in [1.165, 1.54) is 7.11 Å². The molecule has 1 aliphatic carbocycles. The van der Waals surface area contributed by atoms with Crippen LogP contribution in [0.1, 0.15) is 26.7 Å². The summed E-state index contributed by atoms with van der Waals surface area (Å²) in [5, 5.41) is 3.43. The summed E-state index contributed by atoms with van der Waals surface area (Å²) in [7, 11) is 1.43. The molecule has 80 valence electrons. The number of hydrogen-bond acceptors (Lipinski definition) is 3. The summed E-state index contributed by atoms with van der Waals surface area (Å²) < 4.78 is 4.70. The molecule has 0 aliphatic heterocycles. The molecular weight excluding hydrogens is 178 g/mol. The van der Waals surface area contributed by atoms with E-state index in [1.807, 2.05) is 13.8 Å². The Morgan fingerprint density at radius 1 is 1.43 bits per heavy atom. The second-order valence-corrected chi connectivity index (χ2v) is 3.91. The molecule has 0 heterocycles. The van der Waals surface area contributed by atoms with Crippen LogP contribution in [0, 0.1) is 5.92 Å². The molecule has 2 atom stereocenters. The van der Waals surface area contributed by atoms with Gasteiger partial charge in [0.1, 0.15) is 0 Å². The first-order chi connectivity index (χ1) is 6.65. The Morgan fingerprint density at radius 3 is 2.50 bits per heavy atom. The van der Waals surface area contributed by atoms with E-state index in [2.05, 4.69) is 17.5 Å². The van der Waals surface area contributed by atoms with E-state index in [9.17, 15) is 4.79 Å². The van der Waals surface area contributed by atoms with Crippen LogP contribution in [-0.4, -0.2) is 25.2 Å². The van der Waals surface area contributed by atoms with Gasteiger partial charge in [-0.05, 0) is 19.8 Å². The monoisotopic (exact) mass is 197 g/mol. The van der Waals surface area contributed by atoms with Crippen LogP contribution in [0.25, 0.3) is 0 Å². The largest absolute Gasteiger partial charge is 0.469 e. The summed E-state index contributed by atoms with van der Waals surface area (Å²) in [5.74, 6) is -0.225. The molecule has 0 amide bonds. The Kier molecular flexibility index (Phi) is 4.14. The topological polar surface area (TPSA) is 38.3 Å². The number of carbonyl (C=O) groups excluding carboxylic acids is 1. The van der Waals surface area contributed by atoms with Gasteiger partial charge in [0.25, 0.3) is 0 Å². The molecule has 0 aromatic heterocycles. The standard InChI is InChI=1S/C11H19NO2/c1-8(11(13)14-3)9(2)12-10-6-4-5-7-10/h4-5,8-10,12H,6-7H2,1-3H3. The van der Waals surface area contributed by atoms with Gasteiger partial charge in [-0.2, -0.15) is 0 Å². The lowest BCUT2D eigenvalue weighted by Gasteiger charge is -2.23. The Balaban J connectivity index is 2.33. The van der Waals surface area contributed by atoms with Crippen molar-refractivity contribution in [3.05, 3.63) is 12.2 Å². The van der Waals surface area contributed by atoms with Gasteiger partial charge in [-0.3, -0.25) is 4.79 Å². The maximum absolute atomic E-state index is 11.2. The fourth-order valence-electron chi connectivity index (χ4n) is 1.66. The first-order valence-electron chi connectivity index (χ1n) is 5.14. The second kappa shape index (κ2) is 5.15. The first kappa shape index (κ1) is 11.2. The predicted octanol–water partition coefficient (Wildman–Crippen LogP) is 1.49. The third-order valence-electron chi connectivity index (χ3n) is 2.83. The molecule has 0 fully saturated rings. The van der Waals surface area contributed by atoms with Crippen molar-refractivity contribution in [2.45, 2.75) is 38.8 Å². The number of esters is 1. The molecule has 2 unspecified atom stereocenters. The van der Waals surface area contributed by atoms with Gasteiger partial charge in [-0.15, -0.1) is 0 Å². The normalized spacial score (nSPS) is 20.8. The molecule has 1 N–H and O–H groups in total. The van der Waals surface area contributed by atoms with Crippen LogP contribution in [-0.2, 0) is 9.53 Å². The minimum Gasteiger partial charge on any atom is -0.469 e. The SMILES string of the molecule is COC(=O)C(C)C(C)NC1CC=CC1. The van der Waals surface area contributed by atoms with Crippen molar-refractivity contribution >= 4 is 5.97 Å². The predicted molar refractivity (Wildman–Crippen MR) is 55.9 cm³/mol. The number of carbonyl (C=O) groups is 1. The summed E-state index contributed by atoms with van der Waals surface area (Å²) in [4.78, 5) is 11.2. The van der Waals surface area contributed by atoms with Crippen molar-refractivity contribution in [1.82, 2.24) is 5.32 Å². The lowest BCUT2D eigenvalue weighted by molar-refractivity contribution is -0.145. The van der Waals surface area contributed by atoms with Gasteiger partial charge in [0.05, 0.1) is 13.0 Å². The minimum atomic E-state index is -0.143. The lowest BCUT2D eigenvalue weighted by Crippen LogP contribution is -2.41. The van der Waals surface area contributed by atoms with E-state index >= 15 is 0 Å². The van der Waals surface area contributed by atoms with Crippen LogP contribution in [0.5, 0.6) is 0 Å². The number of ether oxygens (including phenoxy) is 1. The quantitative estimate of drug-likeness (QED) is 0.548. The van der Waals surface area contributed by atoms with Crippen molar-refractivity contribution in [2.24, 2.45) is 5.92 Å². The van der Waals surface area contributed by atoms with Crippen molar-refractivity contribution in [2.75, 3.05) is 7.11 Å². The zero-order chi connectivity index (χ0) is 10.6.